The molecule has 0 aliphatic rings. The van der Waals surface area contributed by atoms with Gasteiger partial charge in [-0.05, 0) is 31.2 Å². The molecule has 0 saturated heterocycles. The molecule has 5 nitrogen and oxygen atoms in total. The highest BCUT2D eigenvalue weighted by atomic mass is 19.4. The lowest BCUT2D eigenvalue weighted by molar-refractivity contribution is -0.137. The normalized spacial score (nSPS) is 11.0. The molecule has 0 bridgehead atoms. The number of carbonyl (C=O) groups is 2. The molecule has 28 heavy (non-hydrogen) atoms. The molecule has 2 aromatic carbocycles. The van der Waals surface area contributed by atoms with Crippen LogP contribution < -0.4 is 15.0 Å². The molecule has 2 amide bonds. The van der Waals surface area contributed by atoms with Gasteiger partial charge in [0.25, 0.3) is 0 Å². The van der Waals surface area contributed by atoms with E-state index in [1.165, 1.54) is 18.2 Å². The number of amides is 2. The van der Waals surface area contributed by atoms with Gasteiger partial charge in [0.15, 0.2) is 0 Å². The summed E-state index contributed by atoms with van der Waals surface area (Å²) >= 11 is 0. The highest BCUT2D eigenvalue weighted by Crippen LogP contribution is 2.36. The number of rotatable bonds is 7. The topological polar surface area (TPSA) is 58.6 Å². The predicted molar refractivity (Wildman–Crippen MR) is 100 cm³/mol. The average Bonchev–Trinajstić information content (AvgIpc) is 2.63. The van der Waals surface area contributed by atoms with Crippen LogP contribution in [0.5, 0.6) is 5.75 Å². The summed E-state index contributed by atoms with van der Waals surface area (Å²) in [5.74, 6) is -0.536. The number of para-hydroxylation sites is 3. The van der Waals surface area contributed by atoms with Crippen LogP contribution in [-0.2, 0) is 15.8 Å². The molecule has 0 saturated carbocycles. The van der Waals surface area contributed by atoms with Crippen LogP contribution in [0.4, 0.5) is 24.5 Å². The number of benzene rings is 2. The highest BCUT2D eigenvalue weighted by Gasteiger charge is 2.35. The SMILES string of the molecule is CCOc1ccccc1NC(=O)CCN(C(C)=O)c1ccccc1C(F)(F)F. The quantitative estimate of drug-likeness (QED) is 0.753. The number of carbonyl (C=O) groups excluding carboxylic acids is 2. The first-order chi connectivity index (χ1) is 13.2. The Morgan fingerprint density at radius 2 is 1.71 bits per heavy atom. The first kappa shape index (κ1) is 21.3. The third-order valence-corrected chi connectivity index (χ3v) is 3.90. The molecule has 1 N–H and O–H groups in total. The Labute approximate surface area is 161 Å². The molecule has 0 fully saturated rings. The third-order valence-electron chi connectivity index (χ3n) is 3.90. The van der Waals surface area contributed by atoms with E-state index in [0.29, 0.717) is 18.0 Å². The van der Waals surface area contributed by atoms with E-state index in [9.17, 15) is 22.8 Å². The van der Waals surface area contributed by atoms with Gasteiger partial charge in [-0.25, -0.2) is 0 Å². The largest absolute Gasteiger partial charge is 0.492 e. The van der Waals surface area contributed by atoms with Crippen LogP contribution in [0.15, 0.2) is 48.5 Å². The number of nitrogens with one attached hydrogen (secondary N) is 1. The zero-order chi connectivity index (χ0) is 20.7. The van der Waals surface area contributed by atoms with Crippen molar-refractivity contribution in [3.8, 4) is 5.75 Å². The summed E-state index contributed by atoms with van der Waals surface area (Å²) in [5, 5.41) is 2.66. The summed E-state index contributed by atoms with van der Waals surface area (Å²) < 4.78 is 45.2. The van der Waals surface area contributed by atoms with Gasteiger partial charge >= 0.3 is 6.18 Å². The maximum absolute atomic E-state index is 13.2. The molecule has 0 aromatic heterocycles. The number of hydrogen-bond acceptors (Lipinski definition) is 3. The zero-order valence-corrected chi connectivity index (χ0v) is 15.5. The maximum atomic E-state index is 13.2. The molecule has 0 spiro atoms. The molecule has 0 atom stereocenters. The minimum absolute atomic E-state index is 0.174. The standard InChI is InChI=1S/C20H21F3N2O3/c1-3-28-18-11-7-5-9-16(18)24-19(27)12-13-25(14(2)26)17-10-6-4-8-15(17)20(21,22)23/h4-11H,3,12-13H2,1-2H3,(H,24,27). The van der Waals surface area contributed by atoms with Crippen molar-refractivity contribution in [1.82, 2.24) is 0 Å². The number of anilines is 2. The molecule has 0 aliphatic heterocycles. The van der Waals surface area contributed by atoms with Gasteiger partial charge in [0.05, 0.1) is 23.5 Å². The Hall–Kier alpha value is -3.03. The molecule has 0 radical (unpaired) electrons. The zero-order valence-electron chi connectivity index (χ0n) is 15.5. The average molecular weight is 394 g/mol. The van der Waals surface area contributed by atoms with Crippen LogP contribution in [-0.4, -0.2) is 25.0 Å². The van der Waals surface area contributed by atoms with E-state index in [4.69, 9.17) is 4.74 Å². The smallest absolute Gasteiger partial charge is 0.418 e. The van der Waals surface area contributed by atoms with Crippen LogP contribution in [0.2, 0.25) is 0 Å². The molecule has 8 heteroatoms. The molecule has 150 valence electrons. The fraction of sp³-hybridized carbons (Fsp3) is 0.300. The summed E-state index contributed by atoms with van der Waals surface area (Å²) in [6.45, 7) is 3.20. The molecule has 2 aromatic rings. The Morgan fingerprint density at radius 1 is 1.07 bits per heavy atom. The minimum Gasteiger partial charge on any atom is -0.492 e. The molecule has 0 unspecified atom stereocenters. The fourth-order valence-electron chi connectivity index (χ4n) is 2.67. The van der Waals surface area contributed by atoms with Gasteiger partial charge in [-0.2, -0.15) is 13.2 Å². The van der Waals surface area contributed by atoms with Crippen LogP contribution in [0.1, 0.15) is 25.8 Å². The van der Waals surface area contributed by atoms with Crippen molar-refractivity contribution in [2.45, 2.75) is 26.4 Å². The van der Waals surface area contributed by atoms with E-state index in [2.05, 4.69) is 5.32 Å². The molecule has 2 rings (SSSR count). The Balaban J connectivity index is 2.13. The van der Waals surface area contributed by atoms with Crippen molar-refractivity contribution >= 4 is 23.2 Å². The summed E-state index contributed by atoms with van der Waals surface area (Å²) in [4.78, 5) is 25.2. The van der Waals surface area contributed by atoms with E-state index in [1.54, 1.807) is 31.2 Å². The summed E-state index contributed by atoms with van der Waals surface area (Å²) in [6.07, 6.45) is -4.78. The number of halogens is 3. The summed E-state index contributed by atoms with van der Waals surface area (Å²) in [7, 11) is 0. The second-order valence-electron chi connectivity index (χ2n) is 5.91. The molecular weight excluding hydrogens is 373 g/mol. The van der Waals surface area contributed by atoms with Crippen molar-refractivity contribution in [1.29, 1.82) is 0 Å². The van der Waals surface area contributed by atoms with Crippen LogP contribution in [0, 0.1) is 0 Å². The van der Waals surface area contributed by atoms with Crippen molar-refractivity contribution in [2.24, 2.45) is 0 Å². The van der Waals surface area contributed by atoms with Crippen molar-refractivity contribution in [3.05, 3.63) is 54.1 Å². The highest BCUT2D eigenvalue weighted by molar-refractivity contribution is 5.96. The molecule has 0 aliphatic carbocycles. The predicted octanol–water partition coefficient (Wildman–Crippen LogP) is 4.49. The van der Waals surface area contributed by atoms with Gasteiger partial charge < -0.3 is 15.0 Å². The maximum Gasteiger partial charge on any atom is 0.418 e. The van der Waals surface area contributed by atoms with E-state index >= 15 is 0 Å². The third kappa shape index (κ3) is 5.48. The Morgan fingerprint density at radius 3 is 2.36 bits per heavy atom. The monoisotopic (exact) mass is 394 g/mol. The number of alkyl halides is 3. The van der Waals surface area contributed by atoms with Crippen LogP contribution in [0.25, 0.3) is 0 Å². The van der Waals surface area contributed by atoms with Gasteiger partial charge in [0, 0.05) is 19.9 Å². The van der Waals surface area contributed by atoms with Gasteiger partial charge in [0.1, 0.15) is 5.75 Å². The summed E-state index contributed by atoms with van der Waals surface area (Å²) in [6, 6.07) is 11.6. The van der Waals surface area contributed by atoms with E-state index < -0.39 is 23.6 Å². The Bertz CT molecular complexity index is 837. The second-order valence-corrected chi connectivity index (χ2v) is 5.91. The lowest BCUT2D eigenvalue weighted by atomic mass is 10.1. The fourth-order valence-corrected chi connectivity index (χ4v) is 2.67. The van der Waals surface area contributed by atoms with Gasteiger partial charge in [-0.1, -0.05) is 24.3 Å². The Kier molecular flexibility index (Phi) is 7.03. The lowest BCUT2D eigenvalue weighted by Crippen LogP contribution is -2.33. The van der Waals surface area contributed by atoms with Crippen molar-refractivity contribution in [2.75, 3.05) is 23.4 Å². The van der Waals surface area contributed by atoms with Crippen LogP contribution >= 0.6 is 0 Å². The first-order valence-corrected chi connectivity index (χ1v) is 8.70. The second kappa shape index (κ2) is 9.25. The van der Waals surface area contributed by atoms with Gasteiger partial charge in [0.2, 0.25) is 11.8 Å². The number of ether oxygens (including phenoxy) is 1. The summed E-state index contributed by atoms with van der Waals surface area (Å²) in [5.41, 5.74) is -0.739. The van der Waals surface area contributed by atoms with E-state index in [-0.39, 0.29) is 18.7 Å². The first-order valence-electron chi connectivity index (χ1n) is 8.70. The number of nitrogens with zero attached hydrogens (tertiary/aromatic N) is 1. The van der Waals surface area contributed by atoms with Crippen molar-refractivity contribution in [3.63, 3.8) is 0 Å². The number of hydrogen-bond donors (Lipinski definition) is 1. The molecular formula is C20H21F3N2O3. The van der Waals surface area contributed by atoms with Gasteiger partial charge in [-0.15, -0.1) is 0 Å². The van der Waals surface area contributed by atoms with Crippen LogP contribution in [0.3, 0.4) is 0 Å². The van der Waals surface area contributed by atoms with Crippen molar-refractivity contribution < 1.29 is 27.5 Å². The molecule has 0 heterocycles. The van der Waals surface area contributed by atoms with E-state index in [0.717, 1.165) is 17.9 Å². The van der Waals surface area contributed by atoms with Gasteiger partial charge in [-0.3, -0.25) is 9.59 Å². The minimum atomic E-state index is -4.61. The van der Waals surface area contributed by atoms with E-state index in [1.807, 2.05) is 0 Å². The lowest BCUT2D eigenvalue weighted by Gasteiger charge is -2.24.